The zero-order valence-electron chi connectivity index (χ0n) is 21.5. The Morgan fingerprint density at radius 2 is 1.83 bits per heavy atom. The number of carbonyl (C=O) groups is 2. The summed E-state index contributed by atoms with van der Waals surface area (Å²) < 4.78 is 45.2. The number of nitrogens with zero attached hydrogens (tertiary/aromatic N) is 4. The van der Waals surface area contributed by atoms with Crippen LogP contribution in [0.1, 0.15) is 57.7 Å². The van der Waals surface area contributed by atoms with Crippen LogP contribution in [0.5, 0.6) is 11.6 Å². The van der Waals surface area contributed by atoms with Gasteiger partial charge < -0.3 is 15.2 Å². The highest BCUT2D eigenvalue weighted by Gasteiger charge is 2.30. The third-order valence-corrected chi connectivity index (χ3v) is 6.53. The van der Waals surface area contributed by atoms with Crippen molar-refractivity contribution in [1.29, 1.82) is 0 Å². The molecule has 3 heterocycles. The van der Waals surface area contributed by atoms with E-state index in [0.717, 1.165) is 43.5 Å². The topological polar surface area (TPSA) is 119 Å². The van der Waals surface area contributed by atoms with E-state index in [0.29, 0.717) is 17.1 Å². The summed E-state index contributed by atoms with van der Waals surface area (Å²) in [6.07, 6.45) is 4.36. The van der Waals surface area contributed by atoms with Crippen LogP contribution in [0.25, 0.3) is 11.9 Å². The van der Waals surface area contributed by atoms with E-state index in [1.807, 2.05) is 6.07 Å². The molecular formula is C29H24F3N5O4. The number of halogens is 3. The Balaban J connectivity index is 1.14. The SMILES string of the molecule is O=C(NC1CCC(=Cc2cccc(Oc3ccc(C(F)(F)F)cn3)c2)CC1)c1ccc(-n2ccc(C(=O)O)n2)nc1. The first-order valence-corrected chi connectivity index (χ1v) is 12.7. The molecule has 0 bridgehead atoms. The first-order valence-electron chi connectivity index (χ1n) is 12.7. The van der Waals surface area contributed by atoms with E-state index >= 15 is 0 Å². The molecule has 1 aromatic carbocycles. The molecule has 0 spiro atoms. The molecule has 4 aromatic rings. The molecule has 1 aliphatic rings. The van der Waals surface area contributed by atoms with Gasteiger partial charge in [-0.1, -0.05) is 23.8 Å². The Kier molecular flexibility index (Phi) is 7.81. The maximum absolute atomic E-state index is 12.7. The molecule has 1 amide bonds. The molecule has 12 heteroatoms. The number of hydrogen-bond donors (Lipinski definition) is 2. The van der Waals surface area contributed by atoms with Gasteiger partial charge in [0.05, 0.1) is 11.1 Å². The summed E-state index contributed by atoms with van der Waals surface area (Å²) in [7, 11) is 0. The number of nitrogens with one attached hydrogen (secondary N) is 1. The average molecular weight is 564 g/mol. The number of allylic oxidation sites excluding steroid dienone is 1. The highest BCUT2D eigenvalue weighted by Crippen LogP contribution is 2.31. The molecule has 0 atom stereocenters. The van der Waals surface area contributed by atoms with E-state index in [1.165, 1.54) is 34.8 Å². The monoisotopic (exact) mass is 563 g/mol. The van der Waals surface area contributed by atoms with Gasteiger partial charge in [0.15, 0.2) is 11.5 Å². The van der Waals surface area contributed by atoms with Crippen molar-refractivity contribution in [2.45, 2.75) is 37.9 Å². The van der Waals surface area contributed by atoms with Crippen LogP contribution in [-0.4, -0.2) is 42.8 Å². The van der Waals surface area contributed by atoms with E-state index in [2.05, 4.69) is 26.5 Å². The Morgan fingerprint density at radius 3 is 2.46 bits per heavy atom. The highest BCUT2D eigenvalue weighted by atomic mass is 19.4. The van der Waals surface area contributed by atoms with E-state index in [9.17, 15) is 22.8 Å². The summed E-state index contributed by atoms with van der Waals surface area (Å²) >= 11 is 0. The highest BCUT2D eigenvalue weighted by molar-refractivity contribution is 5.94. The number of carbonyl (C=O) groups excluding carboxylic acids is 1. The largest absolute Gasteiger partial charge is 0.476 e. The fourth-order valence-corrected chi connectivity index (χ4v) is 4.40. The number of rotatable bonds is 7. The van der Waals surface area contributed by atoms with Gasteiger partial charge in [0.1, 0.15) is 5.75 Å². The van der Waals surface area contributed by atoms with E-state index in [1.54, 1.807) is 30.3 Å². The minimum Gasteiger partial charge on any atom is -0.476 e. The lowest BCUT2D eigenvalue weighted by atomic mass is 9.89. The van der Waals surface area contributed by atoms with Gasteiger partial charge in [-0.15, -0.1) is 0 Å². The summed E-state index contributed by atoms with van der Waals surface area (Å²) in [5.74, 6) is -0.455. The van der Waals surface area contributed by atoms with Crippen molar-refractivity contribution in [3.8, 4) is 17.4 Å². The number of ether oxygens (including phenoxy) is 1. The first-order chi connectivity index (χ1) is 19.6. The van der Waals surface area contributed by atoms with Crippen LogP contribution < -0.4 is 10.1 Å². The molecule has 5 rings (SSSR count). The minimum atomic E-state index is -4.46. The van der Waals surface area contributed by atoms with Crippen molar-refractivity contribution in [3.05, 3.63) is 101 Å². The second kappa shape index (κ2) is 11.6. The number of pyridine rings is 2. The molecular weight excluding hydrogens is 539 g/mol. The van der Waals surface area contributed by atoms with Crippen molar-refractivity contribution in [2.24, 2.45) is 0 Å². The van der Waals surface area contributed by atoms with Crippen LogP contribution >= 0.6 is 0 Å². The molecule has 9 nitrogen and oxygen atoms in total. The van der Waals surface area contributed by atoms with Crippen LogP contribution in [0.4, 0.5) is 13.2 Å². The molecule has 1 fully saturated rings. The predicted molar refractivity (Wildman–Crippen MR) is 142 cm³/mol. The van der Waals surface area contributed by atoms with Crippen molar-refractivity contribution in [1.82, 2.24) is 25.1 Å². The molecule has 0 aliphatic heterocycles. The standard InChI is InChI=1S/C29H24F3N5O4/c30-29(31,32)21-7-11-26(34-17-21)41-23-3-1-2-19(15-23)14-18-4-8-22(9-5-18)35-27(38)20-6-10-25(33-16-20)37-13-12-24(36-37)28(39)40/h1-3,6-7,10-17,22H,4-5,8-9H2,(H,35,38)(H,39,40). The molecule has 3 aromatic heterocycles. The zero-order valence-corrected chi connectivity index (χ0v) is 21.5. The summed E-state index contributed by atoms with van der Waals surface area (Å²) in [6.45, 7) is 0. The van der Waals surface area contributed by atoms with Gasteiger partial charge >= 0.3 is 12.1 Å². The molecule has 2 N–H and O–H groups in total. The van der Waals surface area contributed by atoms with Crippen LogP contribution in [0.3, 0.4) is 0 Å². The molecule has 210 valence electrons. The fraction of sp³-hybridized carbons (Fsp3) is 0.207. The summed E-state index contributed by atoms with van der Waals surface area (Å²) in [5.41, 5.74) is 1.56. The van der Waals surface area contributed by atoms with Crippen molar-refractivity contribution in [3.63, 3.8) is 0 Å². The molecule has 0 unspecified atom stereocenters. The van der Waals surface area contributed by atoms with E-state index < -0.39 is 17.7 Å². The third-order valence-electron chi connectivity index (χ3n) is 6.53. The molecule has 41 heavy (non-hydrogen) atoms. The van der Waals surface area contributed by atoms with Gasteiger partial charge in [0, 0.05) is 30.7 Å². The second-order valence-corrected chi connectivity index (χ2v) is 9.46. The number of benzene rings is 1. The number of carboxylic acids is 1. The maximum atomic E-state index is 12.7. The van der Waals surface area contributed by atoms with E-state index in [4.69, 9.17) is 9.84 Å². The lowest BCUT2D eigenvalue weighted by Crippen LogP contribution is -2.36. The number of aromatic carboxylic acids is 1. The van der Waals surface area contributed by atoms with Gasteiger partial charge in [0.25, 0.3) is 5.91 Å². The first kappa shape index (κ1) is 27.6. The number of aromatic nitrogens is 4. The smallest absolute Gasteiger partial charge is 0.417 e. The zero-order chi connectivity index (χ0) is 29.0. The third kappa shape index (κ3) is 6.96. The fourth-order valence-electron chi connectivity index (χ4n) is 4.40. The Labute approximate surface area is 232 Å². The van der Waals surface area contributed by atoms with E-state index in [-0.39, 0.29) is 23.5 Å². The summed E-state index contributed by atoms with van der Waals surface area (Å²) in [6, 6.07) is 13.9. The Hall–Kier alpha value is -5.00. The van der Waals surface area contributed by atoms with Gasteiger partial charge in [0.2, 0.25) is 5.88 Å². The number of alkyl halides is 3. The Bertz CT molecular complexity index is 1570. The van der Waals surface area contributed by atoms with Crippen LogP contribution in [0, 0.1) is 0 Å². The van der Waals surface area contributed by atoms with Gasteiger partial charge in [-0.2, -0.15) is 18.3 Å². The average Bonchev–Trinajstić information content (AvgIpc) is 3.45. The minimum absolute atomic E-state index is 0.00368. The Morgan fingerprint density at radius 1 is 1.02 bits per heavy atom. The van der Waals surface area contributed by atoms with Gasteiger partial charge in [-0.3, -0.25) is 4.79 Å². The predicted octanol–water partition coefficient (Wildman–Crippen LogP) is 5.93. The lowest BCUT2D eigenvalue weighted by Gasteiger charge is -2.25. The van der Waals surface area contributed by atoms with Crippen molar-refractivity contribution >= 4 is 18.0 Å². The maximum Gasteiger partial charge on any atom is 0.417 e. The summed E-state index contributed by atoms with van der Waals surface area (Å²) in [4.78, 5) is 31.7. The molecule has 0 radical (unpaired) electrons. The summed E-state index contributed by atoms with van der Waals surface area (Å²) in [5, 5.41) is 16.0. The van der Waals surface area contributed by atoms with Crippen LogP contribution in [0.2, 0.25) is 0 Å². The number of carboxylic acid groups (broad SMARTS) is 1. The lowest BCUT2D eigenvalue weighted by molar-refractivity contribution is -0.137. The van der Waals surface area contributed by atoms with Crippen molar-refractivity contribution < 1.29 is 32.6 Å². The van der Waals surface area contributed by atoms with Gasteiger partial charge in [-0.25, -0.2) is 19.4 Å². The second-order valence-electron chi connectivity index (χ2n) is 9.46. The molecule has 1 aliphatic carbocycles. The quantitative estimate of drug-likeness (QED) is 0.286. The van der Waals surface area contributed by atoms with Crippen LogP contribution in [-0.2, 0) is 6.18 Å². The molecule has 0 saturated heterocycles. The molecule has 1 saturated carbocycles. The normalized spacial score (nSPS) is 15.3. The van der Waals surface area contributed by atoms with Crippen LogP contribution in [0.15, 0.2) is 78.8 Å². The van der Waals surface area contributed by atoms with Gasteiger partial charge in [-0.05, 0) is 67.6 Å². The number of amides is 1. The van der Waals surface area contributed by atoms with Crippen molar-refractivity contribution in [2.75, 3.05) is 0 Å². The number of hydrogen-bond acceptors (Lipinski definition) is 6.